The van der Waals surface area contributed by atoms with Crippen LogP contribution in [0, 0.1) is 5.92 Å². The monoisotopic (exact) mass is 364 g/mol. The first-order valence-corrected chi connectivity index (χ1v) is 10.1. The number of carbonyl (C=O) groups is 1. The number of nitrogens with zero attached hydrogens (tertiary/aromatic N) is 2. The maximum Gasteiger partial charge on any atom is 0.227 e. The molecule has 128 valence electrons. The van der Waals surface area contributed by atoms with Crippen LogP contribution in [0.4, 0.5) is 10.8 Å². The number of anilines is 1. The van der Waals surface area contributed by atoms with E-state index in [-0.39, 0.29) is 21.9 Å². The van der Waals surface area contributed by atoms with E-state index < -0.39 is 10.0 Å². The molecule has 24 heavy (non-hydrogen) atoms. The lowest BCUT2D eigenvalue weighted by Gasteiger charge is -2.20. The molecule has 1 saturated carbocycles. The van der Waals surface area contributed by atoms with E-state index in [1.165, 1.54) is 24.8 Å². The number of sulfonamides is 1. The van der Waals surface area contributed by atoms with Crippen LogP contribution in [0.5, 0.6) is 0 Å². The van der Waals surface area contributed by atoms with Crippen molar-refractivity contribution in [3.05, 3.63) is 40.6 Å². The topological polar surface area (TPSA) is 90.2 Å². The second-order valence-corrected chi connectivity index (χ2v) is 8.21. The number of aromatic nitrogens is 1. The molecule has 0 unspecified atom stereocenters. The van der Waals surface area contributed by atoms with Gasteiger partial charge >= 0.3 is 0 Å². The lowest BCUT2D eigenvalue weighted by molar-refractivity contribution is -0.120. The van der Waals surface area contributed by atoms with Crippen LogP contribution in [-0.2, 0) is 14.8 Å². The molecule has 8 heteroatoms. The number of nitrogens with one attached hydrogen (secondary N) is 1. The zero-order chi connectivity index (χ0) is 17.0. The molecule has 0 bridgehead atoms. The van der Waals surface area contributed by atoms with Crippen LogP contribution in [0.2, 0.25) is 0 Å². The van der Waals surface area contributed by atoms with Crippen LogP contribution in [-0.4, -0.2) is 19.3 Å². The highest BCUT2D eigenvalue weighted by atomic mass is 32.2. The Balaban J connectivity index is 1.65. The SMILES string of the molecule is O=C(Nc1ccc(S(=O)(=O)[N-]c2nccs2)cc1)C1CCCCC1. The van der Waals surface area contributed by atoms with Crippen molar-refractivity contribution >= 4 is 38.1 Å². The molecule has 0 radical (unpaired) electrons. The molecule has 1 aliphatic rings. The predicted molar refractivity (Wildman–Crippen MR) is 94.0 cm³/mol. The van der Waals surface area contributed by atoms with Crippen LogP contribution in [0.3, 0.4) is 0 Å². The fourth-order valence-corrected chi connectivity index (χ4v) is 4.41. The van der Waals surface area contributed by atoms with Gasteiger partial charge in [0.1, 0.15) is 0 Å². The molecule has 0 aliphatic heterocycles. The number of carbonyl (C=O) groups excluding carboxylic acids is 1. The van der Waals surface area contributed by atoms with E-state index in [1.54, 1.807) is 17.5 Å². The fraction of sp³-hybridized carbons (Fsp3) is 0.375. The van der Waals surface area contributed by atoms with Crippen molar-refractivity contribution in [3.63, 3.8) is 0 Å². The van der Waals surface area contributed by atoms with Crippen molar-refractivity contribution in [2.24, 2.45) is 5.92 Å². The Kier molecular flexibility index (Phi) is 5.15. The van der Waals surface area contributed by atoms with Gasteiger partial charge in [0.15, 0.2) is 0 Å². The smallest absolute Gasteiger partial charge is 0.227 e. The molecule has 1 N–H and O–H groups in total. The van der Waals surface area contributed by atoms with E-state index in [0.29, 0.717) is 5.69 Å². The normalized spacial score (nSPS) is 15.8. The Morgan fingerprint density at radius 2 is 1.88 bits per heavy atom. The van der Waals surface area contributed by atoms with E-state index in [4.69, 9.17) is 0 Å². The molecule has 1 heterocycles. The fourth-order valence-electron chi connectivity index (χ4n) is 2.74. The van der Waals surface area contributed by atoms with Crippen molar-refractivity contribution in [2.45, 2.75) is 37.0 Å². The Bertz CT molecular complexity index is 780. The highest BCUT2D eigenvalue weighted by Crippen LogP contribution is 2.30. The standard InChI is InChI=1S/C16H19N3O3S2/c20-15(12-4-2-1-3-5-12)18-13-6-8-14(9-7-13)24(21,22)19-16-17-10-11-23-16/h6-12H,1-5H2,(H2,17,18,19,20)/p-1. The third kappa shape index (κ3) is 4.12. The van der Waals surface area contributed by atoms with Crippen molar-refractivity contribution in [1.29, 1.82) is 0 Å². The molecule has 0 atom stereocenters. The minimum Gasteiger partial charge on any atom is -0.433 e. The van der Waals surface area contributed by atoms with Crippen LogP contribution in [0.25, 0.3) is 4.72 Å². The molecule has 1 amide bonds. The van der Waals surface area contributed by atoms with Gasteiger partial charge in [0.05, 0.1) is 4.90 Å². The van der Waals surface area contributed by atoms with E-state index >= 15 is 0 Å². The Labute approximate surface area is 145 Å². The van der Waals surface area contributed by atoms with E-state index in [9.17, 15) is 13.2 Å². The van der Waals surface area contributed by atoms with Crippen LogP contribution < -0.4 is 5.32 Å². The van der Waals surface area contributed by atoms with E-state index in [0.717, 1.165) is 37.0 Å². The summed E-state index contributed by atoms with van der Waals surface area (Å²) >= 11 is 1.16. The minimum atomic E-state index is -3.79. The van der Waals surface area contributed by atoms with Crippen molar-refractivity contribution < 1.29 is 13.2 Å². The number of hydrogen-bond acceptors (Lipinski definition) is 5. The highest BCUT2D eigenvalue weighted by Gasteiger charge is 2.21. The third-order valence-corrected chi connectivity index (χ3v) is 6.08. The molecule has 2 aromatic rings. The molecular weight excluding hydrogens is 346 g/mol. The molecule has 1 aromatic heterocycles. The van der Waals surface area contributed by atoms with Crippen LogP contribution in [0.15, 0.2) is 40.7 Å². The first-order chi connectivity index (χ1) is 11.5. The lowest BCUT2D eigenvalue weighted by Crippen LogP contribution is -2.24. The molecule has 1 aromatic carbocycles. The summed E-state index contributed by atoms with van der Waals surface area (Å²) in [6.07, 6.45) is 6.72. The van der Waals surface area contributed by atoms with Gasteiger partial charge in [-0.3, -0.25) is 4.79 Å². The maximum atomic E-state index is 12.2. The molecule has 0 saturated heterocycles. The van der Waals surface area contributed by atoms with Gasteiger partial charge in [-0.05, 0) is 42.5 Å². The van der Waals surface area contributed by atoms with Crippen molar-refractivity contribution in [3.8, 4) is 0 Å². The number of thiazole rings is 1. The van der Waals surface area contributed by atoms with Crippen molar-refractivity contribution in [2.75, 3.05) is 5.32 Å². The second kappa shape index (κ2) is 7.31. The van der Waals surface area contributed by atoms with Crippen molar-refractivity contribution in [1.82, 2.24) is 4.98 Å². The molecular formula is C16H18N3O3S2-. The molecule has 0 spiro atoms. The molecule has 6 nitrogen and oxygen atoms in total. The summed E-state index contributed by atoms with van der Waals surface area (Å²) in [5, 5.41) is 4.72. The number of amides is 1. The summed E-state index contributed by atoms with van der Waals surface area (Å²) in [5.41, 5.74) is 0.596. The van der Waals surface area contributed by atoms with Crippen LogP contribution >= 0.6 is 11.3 Å². The summed E-state index contributed by atoms with van der Waals surface area (Å²) in [4.78, 5) is 16.1. The van der Waals surface area contributed by atoms with Gasteiger partial charge in [0.2, 0.25) is 15.9 Å². The first kappa shape index (κ1) is 16.9. The van der Waals surface area contributed by atoms with Gasteiger partial charge in [-0.15, -0.1) is 0 Å². The largest absolute Gasteiger partial charge is 0.433 e. The quantitative estimate of drug-likeness (QED) is 0.866. The zero-order valence-corrected chi connectivity index (χ0v) is 14.6. The number of benzene rings is 1. The number of hydrogen-bond donors (Lipinski definition) is 1. The van der Waals surface area contributed by atoms with Gasteiger partial charge in [0, 0.05) is 16.7 Å². The summed E-state index contributed by atoms with van der Waals surface area (Å²) in [5.74, 6) is 0.0693. The Morgan fingerprint density at radius 1 is 1.17 bits per heavy atom. The summed E-state index contributed by atoms with van der Waals surface area (Å²) in [7, 11) is -3.79. The van der Waals surface area contributed by atoms with Crippen LogP contribution in [0.1, 0.15) is 32.1 Å². The Hall–Kier alpha value is -1.93. The summed E-state index contributed by atoms with van der Waals surface area (Å²) in [6, 6.07) is 6.07. The second-order valence-electron chi connectivity index (χ2n) is 5.73. The Morgan fingerprint density at radius 3 is 2.50 bits per heavy atom. The third-order valence-electron chi connectivity index (χ3n) is 4.01. The van der Waals surface area contributed by atoms with E-state index in [2.05, 4.69) is 15.0 Å². The summed E-state index contributed by atoms with van der Waals surface area (Å²) in [6.45, 7) is 0. The molecule has 1 fully saturated rings. The number of rotatable bonds is 5. The molecule has 1 aliphatic carbocycles. The summed E-state index contributed by atoms with van der Waals surface area (Å²) < 4.78 is 28.1. The first-order valence-electron chi connectivity index (χ1n) is 7.83. The minimum absolute atomic E-state index is 0.0118. The van der Waals surface area contributed by atoms with E-state index in [1.807, 2.05) is 0 Å². The highest BCUT2D eigenvalue weighted by molar-refractivity contribution is 7.94. The zero-order valence-electron chi connectivity index (χ0n) is 13.0. The van der Waals surface area contributed by atoms with Gasteiger partial charge in [0.25, 0.3) is 0 Å². The molecule has 3 rings (SSSR count). The van der Waals surface area contributed by atoms with Gasteiger partial charge in [-0.25, -0.2) is 8.42 Å². The van der Waals surface area contributed by atoms with Gasteiger partial charge < -0.3 is 15.0 Å². The van der Waals surface area contributed by atoms with Gasteiger partial charge in [-0.1, -0.05) is 25.5 Å². The average molecular weight is 364 g/mol. The van der Waals surface area contributed by atoms with Gasteiger partial charge in [-0.2, -0.15) is 11.3 Å². The predicted octanol–water partition coefficient (Wildman–Crippen LogP) is 4.06. The maximum absolute atomic E-state index is 12.2. The average Bonchev–Trinajstić information content (AvgIpc) is 3.08. The lowest BCUT2D eigenvalue weighted by atomic mass is 9.88.